The summed E-state index contributed by atoms with van der Waals surface area (Å²) in [5, 5.41) is 4.78. The molecule has 2 aromatic rings. The van der Waals surface area contributed by atoms with Gasteiger partial charge in [-0.2, -0.15) is 0 Å². The number of hydrogen-bond acceptors (Lipinski definition) is 8. The minimum Gasteiger partial charge on any atom is -0.489 e. The summed E-state index contributed by atoms with van der Waals surface area (Å²) in [4.78, 5) is 47.7. The molecule has 0 aliphatic heterocycles. The summed E-state index contributed by atoms with van der Waals surface area (Å²) < 4.78 is 15.1. The highest BCUT2D eigenvalue weighted by Gasteiger charge is 2.23. The Morgan fingerprint density at radius 3 is 2.17 bits per heavy atom. The Morgan fingerprint density at radius 1 is 0.917 bits per heavy atom. The van der Waals surface area contributed by atoms with Gasteiger partial charge in [0.15, 0.2) is 0 Å². The molecule has 0 unspecified atom stereocenters. The van der Waals surface area contributed by atoms with Crippen molar-refractivity contribution in [1.82, 2.24) is 10.6 Å². The third-order valence-electron chi connectivity index (χ3n) is 4.71. The van der Waals surface area contributed by atoms with Crippen molar-refractivity contribution < 1.29 is 33.4 Å². The fraction of sp³-hybridized carbons (Fsp3) is 0.385. The minimum atomic E-state index is -1.16. The van der Waals surface area contributed by atoms with Crippen LogP contribution in [-0.2, 0) is 36.9 Å². The molecule has 0 fully saturated rings. The lowest BCUT2D eigenvalue weighted by Gasteiger charge is -2.19. The fourth-order valence-electron chi connectivity index (χ4n) is 2.91. The summed E-state index contributed by atoms with van der Waals surface area (Å²) >= 11 is 0. The van der Waals surface area contributed by atoms with Gasteiger partial charge in [-0.1, -0.05) is 42.5 Å². The molecule has 2 amide bonds. The van der Waals surface area contributed by atoms with E-state index in [2.05, 4.69) is 15.4 Å². The van der Waals surface area contributed by atoms with E-state index >= 15 is 0 Å². The van der Waals surface area contributed by atoms with Crippen molar-refractivity contribution in [2.75, 3.05) is 6.54 Å². The number of carbonyl (C=O) groups excluding carboxylic acids is 4. The van der Waals surface area contributed by atoms with Gasteiger partial charge in [-0.25, -0.2) is 9.59 Å². The second kappa shape index (κ2) is 13.2. The van der Waals surface area contributed by atoms with Crippen LogP contribution in [0.4, 0.5) is 4.79 Å². The van der Waals surface area contributed by atoms with Gasteiger partial charge in [0.2, 0.25) is 11.8 Å². The topological polar surface area (TPSA) is 146 Å². The first-order chi connectivity index (χ1) is 16.9. The number of nitrogens with one attached hydrogen (secondary N) is 2. The van der Waals surface area contributed by atoms with Gasteiger partial charge in [-0.3, -0.25) is 9.59 Å². The zero-order chi connectivity index (χ0) is 26.7. The molecule has 10 nitrogen and oxygen atoms in total. The van der Waals surface area contributed by atoms with Gasteiger partial charge >= 0.3 is 12.1 Å². The van der Waals surface area contributed by atoms with E-state index in [9.17, 15) is 19.2 Å². The minimum absolute atomic E-state index is 0.251. The number of benzene rings is 2. The molecule has 2 aromatic carbocycles. The van der Waals surface area contributed by atoms with E-state index in [1.165, 1.54) is 6.92 Å². The average molecular weight is 500 g/mol. The van der Waals surface area contributed by atoms with Crippen molar-refractivity contribution >= 4 is 23.9 Å². The van der Waals surface area contributed by atoms with Crippen LogP contribution in [0.5, 0.6) is 5.75 Å². The molecule has 194 valence electrons. The normalized spacial score (nSPS) is 12.6. The molecule has 2 atom stereocenters. The Kier molecular flexibility index (Phi) is 10.4. The van der Waals surface area contributed by atoms with E-state index in [4.69, 9.17) is 15.2 Å². The second-order valence-electron chi connectivity index (χ2n) is 9.12. The van der Waals surface area contributed by atoms with Gasteiger partial charge in [0, 0.05) is 0 Å². The number of nitrogens with two attached hydrogens (primary N) is 1. The van der Waals surface area contributed by atoms with Crippen molar-refractivity contribution in [2.45, 2.75) is 58.4 Å². The molecule has 0 bridgehead atoms. The summed E-state index contributed by atoms with van der Waals surface area (Å²) in [6, 6.07) is 15.2. The second-order valence-corrected chi connectivity index (χ2v) is 9.12. The smallest absolute Gasteiger partial charge is 0.489 e. The summed E-state index contributed by atoms with van der Waals surface area (Å²) in [5.74, 6) is -1.48. The van der Waals surface area contributed by atoms with Gasteiger partial charge in [0.1, 0.15) is 30.5 Å². The molecular weight excluding hydrogens is 466 g/mol. The summed E-state index contributed by atoms with van der Waals surface area (Å²) in [6.07, 6.45) is -0.911. The largest absolute Gasteiger partial charge is 0.516 e. The average Bonchev–Trinajstić information content (AvgIpc) is 2.81. The lowest BCUT2D eigenvalue weighted by molar-refractivity contribution is -0.142. The summed E-state index contributed by atoms with van der Waals surface area (Å²) in [5.41, 5.74) is 7.05. The number of ether oxygens (including phenoxy) is 3. The van der Waals surface area contributed by atoms with Crippen LogP contribution in [-0.4, -0.2) is 48.2 Å². The quantitative estimate of drug-likeness (QED) is 0.333. The van der Waals surface area contributed by atoms with Crippen LogP contribution in [0.3, 0.4) is 0 Å². The van der Waals surface area contributed by atoms with Crippen molar-refractivity contribution in [3.63, 3.8) is 0 Å². The van der Waals surface area contributed by atoms with Crippen LogP contribution in [0.25, 0.3) is 0 Å². The Hall–Kier alpha value is -3.92. The number of esters is 1. The molecule has 0 saturated carbocycles. The highest BCUT2D eigenvalue weighted by atomic mass is 16.7. The molecule has 2 rings (SSSR count). The summed E-state index contributed by atoms with van der Waals surface area (Å²) in [7, 11) is 0. The van der Waals surface area contributed by atoms with Crippen LogP contribution in [0.1, 0.15) is 38.8 Å². The van der Waals surface area contributed by atoms with Gasteiger partial charge in [0.05, 0.1) is 6.04 Å². The van der Waals surface area contributed by atoms with Crippen molar-refractivity contribution in [3.05, 3.63) is 65.7 Å². The van der Waals surface area contributed by atoms with Gasteiger partial charge < -0.3 is 30.6 Å². The Bertz CT molecular complexity index is 1030. The molecule has 0 aliphatic carbocycles. The standard InChI is InChI=1S/C26H33N3O7/c1-17(23(31)28-15-22(30)35-25(33)36-26(2,3)4)29-24(32)21(27)14-18-10-12-20(13-11-18)34-16-19-8-6-5-7-9-19/h5-13,17,21H,14-16,27H2,1-4H3,(H,28,31)(H,29,32)/t17-,21+/m1/s1. The van der Waals surface area contributed by atoms with E-state index in [1.54, 1.807) is 32.9 Å². The molecular formula is C26H33N3O7. The molecule has 0 aliphatic rings. The Balaban J connectivity index is 1.73. The Labute approximate surface area is 210 Å². The molecule has 0 aromatic heterocycles. The third-order valence-corrected chi connectivity index (χ3v) is 4.71. The number of carbonyl (C=O) groups is 4. The molecule has 10 heteroatoms. The van der Waals surface area contributed by atoms with Crippen LogP contribution in [0.2, 0.25) is 0 Å². The first-order valence-corrected chi connectivity index (χ1v) is 11.5. The summed E-state index contributed by atoms with van der Waals surface area (Å²) in [6.45, 7) is 6.17. The van der Waals surface area contributed by atoms with Crippen molar-refractivity contribution in [3.8, 4) is 5.75 Å². The molecule has 0 radical (unpaired) electrons. The van der Waals surface area contributed by atoms with E-state index in [-0.39, 0.29) is 6.42 Å². The highest BCUT2D eigenvalue weighted by molar-refractivity contribution is 5.92. The lowest BCUT2D eigenvalue weighted by atomic mass is 10.1. The number of rotatable bonds is 10. The van der Waals surface area contributed by atoms with E-state index in [0.29, 0.717) is 12.4 Å². The van der Waals surface area contributed by atoms with Crippen LogP contribution < -0.4 is 21.1 Å². The maximum absolute atomic E-state index is 12.4. The molecule has 0 spiro atoms. The van der Waals surface area contributed by atoms with Gasteiger partial charge in [0.25, 0.3) is 0 Å². The fourth-order valence-corrected chi connectivity index (χ4v) is 2.91. The van der Waals surface area contributed by atoms with E-state index in [1.807, 2.05) is 42.5 Å². The SMILES string of the molecule is C[C@@H](NC(=O)[C@@H](N)Cc1ccc(OCc2ccccc2)cc1)C(=O)NCC(=O)OC(=O)OC(C)(C)C. The van der Waals surface area contributed by atoms with Gasteiger partial charge in [-0.05, 0) is 57.4 Å². The van der Waals surface area contributed by atoms with Crippen molar-refractivity contribution in [2.24, 2.45) is 5.73 Å². The van der Waals surface area contributed by atoms with Crippen LogP contribution >= 0.6 is 0 Å². The maximum Gasteiger partial charge on any atom is 0.516 e. The van der Waals surface area contributed by atoms with Crippen LogP contribution in [0.15, 0.2) is 54.6 Å². The van der Waals surface area contributed by atoms with Gasteiger partial charge in [-0.15, -0.1) is 0 Å². The zero-order valence-electron chi connectivity index (χ0n) is 20.9. The van der Waals surface area contributed by atoms with E-state index in [0.717, 1.165) is 11.1 Å². The van der Waals surface area contributed by atoms with E-state index < -0.39 is 48.2 Å². The molecule has 0 saturated heterocycles. The first kappa shape index (κ1) is 28.3. The molecule has 0 heterocycles. The predicted molar refractivity (Wildman–Crippen MR) is 132 cm³/mol. The Morgan fingerprint density at radius 2 is 1.56 bits per heavy atom. The number of amides is 2. The lowest BCUT2D eigenvalue weighted by Crippen LogP contribution is -2.51. The molecule has 4 N–H and O–H groups in total. The highest BCUT2D eigenvalue weighted by Crippen LogP contribution is 2.15. The van der Waals surface area contributed by atoms with Crippen molar-refractivity contribution in [1.29, 1.82) is 0 Å². The monoisotopic (exact) mass is 499 g/mol. The predicted octanol–water partition coefficient (Wildman–Crippen LogP) is 2.23. The number of hydrogen-bond donors (Lipinski definition) is 3. The molecule has 36 heavy (non-hydrogen) atoms. The maximum atomic E-state index is 12.4. The first-order valence-electron chi connectivity index (χ1n) is 11.5. The third kappa shape index (κ3) is 10.6. The van der Waals surface area contributed by atoms with Crippen LogP contribution in [0, 0.1) is 0 Å². The zero-order valence-corrected chi connectivity index (χ0v) is 20.9.